The van der Waals surface area contributed by atoms with E-state index in [0.29, 0.717) is 19.5 Å². The maximum Gasteiger partial charge on any atom is 0.222 e. The second kappa shape index (κ2) is 7.17. The van der Waals surface area contributed by atoms with Crippen molar-refractivity contribution in [1.82, 2.24) is 15.1 Å². The molecule has 0 bridgehead atoms. The Hall–Kier alpha value is -2.82. The molecule has 0 spiro atoms. The van der Waals surface area contributed by atoms with Crippen LogP contribution in [0.5, 0.6) is 5.75 Å². The first-order valence-electron chi connectivity index (χ1n) is 7.97. The lowest BCUT2D eigenvalue weighted by Crippen LogP contribution is -2.24. The zero-order valence-electron chi connectivity index (χ0n) is 14.0. The van der Waals surface area contributed by atoms with Gasteiger partial charge in [0.1, 0.15) is 5.75 Å². The average molecular weight is 323 g/mol. The van der Waals surface area contributed by atoms with Crippen LogP contribution in [0.25, 0.3) is 10.9 Å². The Morgan fingerprint density at radius 1 is 1.21 bits per heavy atom. The van der Waals surface area contributed by atoms with Crippen LogP contribution < -0.4 is 10.1 Å². The number of amides is 1. The fourth-order valence-corrected chi connectivity index (χ4v) is 2.60. The first-order chi connectivity index (χ1) is 11.7. The number of nitrogens with zero attached hydrogens (tertiary/aromatic N) is 2. The molecule has 5 heteroatoms. The molecule has 0 aliphatic carbocycles. The number of hydrogen-bond donors (Lipinski definition) is 1. The highest BCUT2D eigenvalue weighted by atomic mass is 16.5. The van der Waals surface area contributed by atoms with E-state index in [1.807, 2.05) is 35.1 Å². The molecule has 3 aromatic rings. The zero-order chi connectivity index (χ0) is 16.9. The molecule has 0 aliphatic heterocycles. The first-order valence-corrected chi connectivity index (χ1v) is 7.97. The van der Waals surface area contributed by atoms with E-state index >= 15 is 0 Å². The molecular weight excluding hydrogens is 302 g/mol. The molecule has 5 nitrogen and oxygen atoms in total. The molecular formula is C19H21N3O2. The predicted octanol–water partition coefficient (Wildman–Crippen LogP) is 3.06. The summed E-state index contributed by atoms with van der Waals surface area (Å²) < 4.78 is 7.01. The summed E-state index contributed by atoms with van der Waals surface area (Å²) in [5.41, 5.74) is 3.30. The van der Waals surface area contributed by atoms with Crippen molar-refractivity contribution in [3.8, 4) is 5.75 Å². The Morgan fingerprint density at radius 2 is 2.00 bits per heavy atom. The Morgan fingerprint density at radius 3 is 2.75 bits per heavy atom. The third-order valence-electron chi connectivity index (χ3n) is 4.00. The molecule has 2 aromatic carbocycles. The number of ether oxygens (including phenoxy) is 1. The maximum absolute atomic E-state index is 12.1. The summed E-state index contributed by atoms with van der Waals surface area (Å²) in [7, 11) is 1.64. The molecule has 0 atom stereocenters. The van der Waals surface area contributed by atoms with Gasteiger partial charge in [0.05, 0.1) is 25.4 Å². The first kappa shape index (κ1) is 16.1. The van der Waals surface area contributed by atoms with Crippen LogP contribution in [-0.4, -0.2) is 22.8 Å². The summed E-state index contributed by atoms with van der Waals surface area (Å²) in [6.45, 7) is 3.14. The van der Waals surface area contributed by atoms with Gasteiger partial charge in [-0.05, 0) is 36.2 Å². The van der Waals surface area contributed by atoms with Crippen molar-refractivity contribution in [2.75, 3.05) is 7.11 Å². The third kappa shape index (κ3) is 3.74. The van der Waals surface area contributed by atoms with E-state index in [4.69, 9.17) is 4.74 Å². The van der Waals surface area contributed by atoms with Gasteiger partial charge in [-0.15, -0.1) is 0 Å². The van der Waals surface area contributed by atoms with Gasteiger partial charge < -0.3 is 10.1 Å². The fraction of sp³-hybridized carbons (Fsp3) is 0.263. The highest BCUT2D eigenvalue weighted by molar-refractivity contribution is 5.80. The van der Waals surface area contributed by atoms with E-state index in [0.717, 1.165) is 22.2 Å². The van der Waals surface area contributed by atoms with Gasteiger partial charge >= 0.3 is 0 Å². The van der Waals surface area contributed by atoms with Crippen LogP contribution in [-0.2, 0) is 17.9 Å². The second-order valence-electron chi connectivity index (χ2n) is 5.80. The number of rotatable bonds is 6. The van der Waals surface area contributed by atoms with E-state index in [1.165, 1.54) is 5.56 Å². The molecule has 1 N–H and O–H groups in total. The number of nitrogens with one attached hydrogen (secondary N) is 1. The fourth-order valence-electron chi connectivity index (χ4n) is 2.60. The van der Waals surface area contributed by atoms with Gasteiger partial charge in [0.25, 0.3) is 0 Å². The number of fused-ring (bicyclic) bond motifs is 1. The van der Waals surface area contributed by atoms with E-state index < -0.39 is 0 Å². The molecule has 1 heterocycles. The number of methoxy groups -OCH3 is 1. The van der Waals surface area contributed by atoms with Crippen LogP contribution in [0.2, 0.25) is 0 Å². The van der Waals surface area contributed by atoms with Crippen molar-refractivity contribution in [2.45, 2.75) is 26.4 Å². The number of carbonyl (C=O) groups is 1. The summed E-state index contributed by atoms with van der Waals surface area (Å²) in [6, 6.07) is 13.9. The van der Waals surface area contributed by atoms with E-state index in [2.05, 4.69) is 35.5 Å². The maximum atomic E-state index is 12.1. The molecule has 1 amide bonds. The minimum absolute atomic E-state index is 0.0159. The molecule has 0 unspecified atom stereocenters. The van der Waals surface area contributed by atoms with Gasteiger partial charge in [-0.1, -0.05) is 24.3 Å². The van der Waals surface area contributed by atoms with E-state index in [9.17, 15) is 4.79 Å². The highest BCUT2D eigenvalue weighted by Gasteiger charge is 2.06. The molecule has 0 fully saturated rings. The lowest BCUT2D eigenvalue weighted by molar-refractivity contribution is -0.121. The molecule has 0 aliphatic rings. The standard InChI is InChI=1S/C19H21N3O2/c1-14-3-6-16-13-21-22(18(16)11-14)10-9-19(23)20-12-15-4-7-17(24-2)8-5-15/h3-8,11,13H,9-10,12H2,1-2H3,(H,20,23). The van der Waals surface area contributed by atoms with Crippen LogP contribution >= 0.6 is 0 Å². The molecule has 124 valence electrons. The smallest absolute Gasteiger partial charge is 0.222 e. The summed E-state index contributed by atoms with van der Waals surface area (Å²) in [6.07, 6.45) is 2.24. The van der Waals surface area contributed by atoms with Crippen molar-refractivity contribution in [1.29, 1.82) is 0 Å². The lowest BCUT2D eigenvalue weighted by atomic mass is 10.2. The van der Waals surface area contributed by atoms with Gasteiger partial charge in [0.2, 0.25) is 5.91 Å². The van der Waals surface area contributed by atoms with Crippen LogP contribution in [0.1, 0.15) is 17.5 Å². The highest BCUT2D eigenvalue weighted by Crippen LogP contribution is 2.15. The molecule has 3 rings (SSSR count). The van der Waals surface area contributed by atoms with Crippen LogP contribution in [0.4, 0.5) is 0 Å². The summed E-state index contributed by atoms with van der Waals surface area (Å²) >= 11 is 0. The number of hydrogen-bond acceptors (Lipinski definition) is 3. The van der Waals surface area contributed by atoms with Gasteiger partial charge in [-0.3, -0.25) is 9.48 Å². The second-order valence-corrected chi connectivity index (χ2v) is 5.80. The predicted molar refractivity (Wildman–Crippen MR) is 93.9 cm³/mol. The Labute approximate surface area is 141 Å². The van der Waals surface area contributed by atoms with Crippen molar-refractivity contribution in [3.05, 3.63) is 59.8 Å². The molecule has 1 aromatic heterocycles. The SMILES string of the molecule is COc1ccc(CNC(=O)CCn2ncc3ccc(C)cc32)cc1. The lowest BCUT2D eigenvalue weighted by Gasteiger charge is -2.07. The summed E-state index contributed by atoms with van der Waals surface area (Å²) in [5, 5.41) is 8.40. The zero-order valence-corrected chi connectivity index (χ0v) is 14.0. The van der Waals surface area contributed by atoms with E-state index in [1.54, 1.807) is 7.11 Å². The minimum atomic E-state index is 0.0159. The molecule has 24 heavy (non-hydrogen) atoms. The van der Waals surface area contributed by atoms with Crippen molar-refractivity contribution >= 4 is 16.8 Å². The average Bonchev–Trinajstić information content (AvgIpc) is 3.00. The third-order valence-corrected chi connectivity index (χ3v) is 4.00. The minimum Gasteiger partial charge on any atom is -0.497 e. The largest absolute Gasteiger partial charge is 0.497 e. The molecule has 0 saturated heterocycles. The van der Waals surface area contributed by atoms with Gasteiger partial charge in [0.15, 0.2) is 0 Å². The molecule has 0 radical (unpaired) electrons. The van der Waals surface area contributed by atoms with Crippen LogP contribution in [0, 0.1) is 6.92 Å². The summed E-state index contributed by atoms with van der Waals surface area (Å²) in [4.78, 5) is 12.1. The Bertz CT molecular complexity index is 837. The quantitative estimate of drug-likeness (QED) is 0.758. The van der Waals surface area contributed by atoms with Crippen molar-refractivity contribution in [2.24, 2.45) is 0 Å². The normalized spacial score (nSPS) is 10.8. The number of aromatic nitrogens is 2. The van der Waals surface area contributed by atoms with Gasteiger partial charge in [-0.25, -0.2) is 0 Å². The van der Waals surface area contributed by atoms with Crippen molar-refractivity contribution in [3.63, 3.8) is 0 Å². The molecule has 0 saturated carbocycles. The van der Waals surface area contributed by atoms with E-state index in [-0.39, 0.29) is 5.91 Å². The number of benzene rings is 2. The monoisotopic (exact) mass is 323 g/mol. The van der Waals surface area contributed by atoms with Crippen LogP contribution in [0.3, 0.4) is 0 Å². The number of aryl methyl sites for hydroxylation is 2. The van der Waals surface area contributed by atoms with Gasteiger partial charge in [-0.2, -0.15) is 5.10 Å². The van der Waals surface area contributed by atoms with Crippen LogP contribution in [0.15, 0.2) is 48.7 Å². The topological polar surface area (TPSA) is 56.1 Å². The summed E-state index contributed by atoms with van der Waals surface area (Å²) in [5.74, 6) is 0.827. The Balaban J connectivity index is 1.53. The van der Waals surface area contributed by atoms with Gasteiger partial charge in [0, 0.05) is 18.4 Å². The van der Waals surface area contributed by atoms with Crippen molar-refractivity contribution < 1.29 is 9.53 Å². The Kier molecular flexibility index (Phi) is 4.79. The number of carbonyl (C=O) groups excluding carboxylic acids is 1.